The Morgan fingerprint density at radius 1 is 1.00 bits per heavy atom. The average Bonchev–Trinajstić information content (AvgIpc) is 2.75. The molecule has 1 heteroatoms. The van der Waals surface area contributed by atoms with Crippen LogP contribution in [0.3, 0.4) is 0 Å². The van der Waals surface area contributed by atoms with Crippen LogP contribution in [0.25, 0.3) is 0 Å². The summed E-state index contributed by atoms with van der Waals surface area (Å²) >= 11 is 0. The predicted octanol–water partition coefficient (Wildman–Crippen LogP) is 2.67. The van der Waals surface area contributed by atoms with Crippen LogP contribution in [0.4, 0.5) is 0 Å². The van der Waals surface area contributed by atoms with Crippen LogP contribution in [-0.2, 0) is 0 Å². The van der Waals surface area contributed by atoms with E-state index in [0.717, 1.165) is 23.7 Å². The van der Waals surface area contributed by atoms with Gasteiger partial charge in [0, 0.05) is 0 Å². The van der Waals surface area contributed by atoms with E-state index >= 15 is 0 Å². The third-order valence-electron chi connectivity index (χ3n) is 4.55. The van der Waals surface area contributed by atoms with Gasteiger partial charge in [0.05, 0.1) is 6.04 Å². The molecule has 13 heavy (non-hydrogen) atoms. The highest BCUT2D eigenvalue weighted by Crippen LogP contribution is 2.57. The summed E-state index contributed by atoms with van der Waals surface area (Å²) in [4.78, 5) is 4.34. The van der Waals surface area contributed by atoms with Crippen LogP contribution in [0.15, 0.2) is 11.6 Å². The van der Waals surface area contributed by atoms with Gasteiger partial charge in [0.25, 0.3) is 0 Å². The second kappa shape index (κ2) is 2.72. The van der Waals surface area contributed by atoms with E-state index in [4.69, 9.17) is 0 Å². The zero-order chi connectivity index (χ0) is 8.84. The van der Waals surface area contributed by atoms with Gasteiger partial charge >= 0.3 is 0 Å². The highest BCUT2D eigenvalue weighted by atomic mass is 14.9. The summed E-state index contributed by atoms with van der Waals surface area (Å²) in [6.07, 6.45) is 7.39. The first kappa shape index (κ1) is 7.82. The van der Waals surface area contributed by atoms with Crippen LogP contribution in [0, 0.1) is 23.7 Å². The lowest BCUT2D eigenvalue weighted by Gasteiger charge is -2.36. The van der Waals surface area contributed by atoms with E-state index < -0.39 is 0 Å². The Hall–Kier alpha value is -0.550. The van der Waals surface area contributed by atoms with Gasteiger partial charge in [0.2, 0.25) is 0 Å². The Morgan fingerprint density at radius 3 is 2.46 bits per heavy atom. The lowest BCUT2D eigenvalue weighted by atomic mass is 9.70. The Balaban J connectivity index is 1.70. The van der Waals surface area contributed by atoms with Crippen molar-refractivity contribution in [2.45, 2.75) is 38.1 Å². The van der Waals surface area contributed by atoms with Crippen molar-refractivity contribution in [3.8, 4) is 0 Å². The third-order valence-corrected chi connectivity index (χ3v) is 4.55. The molecule has 0 aromatic carbocycles. The van der Waals surface area contributed by atoms with Crippen molar-refractivity contribution < 1.29 is 0 Å². The molecule has 0 aromatic rings. The van der Waals surface area contributed by atoms with Crippen molar-refractivity contribution in [2.75, 3.05) is 0 Å². The summed E-state index contributed by atoms with van der Waals surface area (Å²) in [7, 11) is 0. The van der Waals surface area contributed by atoms with Crippen molar-refractivity contribution in [2.24, 2.45) is 28.7 Å². The minimum atomic E-state index is 0.624. The standard InChI is InChI=1S/C12H17N/c1-2-13-12-10-6-5-8-3-4-9(8)7-11(10)12/h8-12H,1,3-7H2. The Bertz CT molecular complexity index is 264. The number of nitrogens with zero attached hydrogens (tertiary/aromatic N) is 1. The molecule has 0 radical (unpaired) electrons. The molecule has 0 spiro atoms. The van der Waals surface area contributed by atoms with Gasteiger partial charge in [-0.3, -0.25) is 0 Å². The molecule has 3 rings (SSSR count). The summed E-state index contributed by atoms with van der Waals surface area (Å²) in [5, 5.41) is 0. The summed E-state index contributed by atoms with van der Waals surface area (Å²) < 4.78 is 0. The topological polar surface area (TPSA) is 12.4 Å². The number of fused-ring (bicyclic) bond motifs is 2. The summed E-state index contributed by atoms with van der Waals surface area (Å²) in [6, 6.07) is 0.624. The molecule has 1 nitrogen and oxygen atoms in total. The van der Waals surface area contributed by atoms with E-state index in [-0.39, 0.29) is 0 Å². The van der Waals surface area contributed by atoms with Gasteiger partial charge in [0.15, 0.2) is 0 Å². The van der Waals surface area contributed by atoms with Crippen LogP contribution in [0.1, 0.15) is 32.1 Å². The van der Waals surface area contributed by atoms with Gasteiger partial charge in [-0.15, -0.1) is 0 Å². The van der Waals surface area contributed by atoms with E-state index in [2.05, 4.69) is 17.4 Å². The second-order valence-electron chi connectivity index (χ2n) is 5.02. The zero-order valence-electron chi connectivity index (χ0n) is 8.08. The van der Waals surface area contributed by atoms with Gasteiger partial charge in [-0.05, 0) is 68.2 Å². The van der Waals surface area contributed by atoms with E-state index in [1.807, 2.05) is 0 Å². The molecule has 5 atom stereocenters. The minimum Gasteiger partial charge on any atom is -0.240 e. The molecule has 70 valence electrons. The third kappa shape index (κ3) is 1.10. The molecule has 0 bridgehead atoms. The molecule has 0 saturated heterocycles. The fourth-order valence-corrected chi connectivity index (χ4v) is 3.51. The summed E-state index contributed by atoms with van der Waals surface area (Å²) in [5.74, 6) is 6.73. The van der Waals surface area contributed by atoms with Crippen molar-refractivity contribution in [1.29, 1.82) is 0 Å². The zero-order valence-corrected chi connectivity index (χ0v) is 8.08. The van der Waals surface area contributed by atoms with Crippen molar-refractivity contribution in [1.82, 2.24) is 0 Å². The van der Waals surface area contributed by atoms with Crippen LogP contribution in [0.5, 0.6) is 0 Å². The summed E-state index contributed by atoms with van der Waals surface area (Å²) in [6.45, 7) is 3.58. The van der Waals surface area contributed by atoms with Gasteiger partial charge in [-0.1, -0.05) is 0 Å². The highest BCUT2D eigenvalue weighted by Gasteiger charge is 2.54. The number of rotatable bonds is 1. The minimum absolute atomic E-state index is 0.624. The first-order chi connectivity index (χ1) is 6.40. The highest BCUT2D eigenvalue weighted by molar-refractivity contribution is 5.47. The monoisotopic (exact) mass is 175 g/mol. The average molecular weight is 175 g/mol. The predicted molar refractivity (Wildman–Crippen MR) is 53.9 cm³/mol. The van der Waals surface area contributed by atoms with Gasteiger partial charge in [0.1, 0.15) is 0 Å². The number of hydrogen-bond donors (Lipinski definition) is 0. The van der Waals surface area contributed by atoms with E-state index in [0.29, 0.717) is 6.04 Å². The SMILES string of the molecule is C=C=NC1C2CCC3CCC3CC21. The lowest BCUT2D eigenvalue weighted by molar-refractivity contribution is 0.154. The molecule has 0 amide bonds. The van der Waals surface area contributed by atoms with Gasteiger partial charge in [-0.2, -0.15) is 0 Å². The first-order valence-electron chi connectivity index (χ1n) is 5.62. The van der Waals surface area contributed by atoms with Crippen LogP contribution in [-0.4, -0.2) is 11.9 Å². The molecule has 3 fully saturated rings. The Morgan fingerprint density at radius 2 is 1.77 bits per heavy atom. The van der Waals surface area contributed by atoms with Crippen LogP contribution < -0.4 is 0 Å². The molecule has 3 aliphatic rings. The Labute approximate surface area is 79.9 Å². The number of aliphatic imine (C=N–C) groups is 1. The lowest BCUT2D eigenvalue weighted by Crippen LogP contribution is -2.25. The van der Waals surface area contributed by atoms with Crippen molar-refractivity contribution >= 4 is 5.87 Å². The molecule has 0 heterocycles. The second-order valence-corrected chi connectivity index (χ2v) is 5.02. The molecule has 0 aliphatic heterocycles. The molecular formula is C12H17N. The Kier molecular flexibility index (Phi) is 1.63. The van der Waals surface area contributed by atoms with Crippen LogP contribution >= 0.6 is 0 Å². The fourth-order valence-electron chi connectivity index (χ4n) is 3.51. The number of hydrogen-bond acceptors (Lipinski definition) is 1. The summed E-state index contributed by atoms with van der Waals surface area (Å²) in [5.41, 5.74) is 0. The molecule has 0 aromatic heterocycles. The maximum atomic E-state index is 4.34. The maximum Gasteiger partial charge on any atom is 0.0656 e. The molecule has 3 saturated carbocycles. The van der Waals surface area contributed by atoms with Crippen molar-refractivity contribution in [3.05, 3.63) is 6.58 Å². The maximum absolute atomic E-state index is 4.34. The van der Waals surface area contributed by atoms with Crippen LogP contribution in [0.2, 0.25) is 0 Å². The molecule has 5 unspecified atom stereocenters. The normalized spacial score (nSPS) is 51.8. The molecule has 0 N–H and O–H groups in total. The quantitative estimate of drug-likeness (QED) is 0.543. The van der Waals surface area contributed by atoms with E-state index in [1.54, 1.807) is 0 Å². The first-order valence-corrected chi connectivity index (χ1v) is 5.62. The van der Waals surface area contributed by atoms with Crippen molar-refractivity contribution in [3.63, 3.8) is 0 Å². The van der Waals surface area contributed by atoms with Gasteiger partial charge < -0.3 is 0 Å². The largest absolute Gasteiger partial charge is 0.240 e. The fraction of sp³-hybridized carbons (Fsp3) is 0.833. The van der Waals surface area contributed by atoms with E-state index in [9.17, 15) is 0 Å². The smallest absolute Gasteiger partial charge is 0.0656 e. The van der Waals surface area contributed by atoms with Gasteiger partial charge in [-0.25, -0.2) is 4.99 Å². The molecule has 3 aliphatic carbocycles. The molecular weight excluding hydrogens is 158 g/mol. The van der Waals surface area contributed by atoms with E-state index in [1.165, 1.54) is 32.1 Å².